The van der Waals surface area contributed by atoms with Gasteiger partial charge >= 0.3 is 0 Å². The van der Waals surface area contributed by atoms with Crippen LogP contribution in [-0.4, -0.2) is 29.8 Å². The van der Waals surface area contributed by atoms with E-state index < -0.39 is 0 Å². The Balaban J connectivity index is 2.69. The summed E-state index contributed by atoms with van der Waals surface area (Å²) in [5.74, 6) is 0.694. The number of rotatable bonds is 4. The fourth-order valence-electron chi connectivity index (χ4n) is 1.25. The first kappa shape index (κ1) is 12.1. The van der Waals surface area contributed by atoms with Crippen LogP contribution in [0.2, 0.25) is 5.02 Å². The van der Waals surface area contributed by atoms with Gasteiger partial charge in [-0.1, -0.05) is 11.6 Å². The van der Waals surface area contributed by atoms with Crippen molar-refractivity contribution in [3.05, 3.63) is 17.3 Å². The molecule has 0 aliphatic heterocycles. The van der Waals surface area contributed by atoms with Crippen molar-refractivity contribution in [2.45, 2.75) is 19.4 Å². The van der Waals surface area contributed by atoms with Crippen LogP contribution in [0.25, 0.3) is 0 Å². The van der Waals surface area contributed by atoms with E-state index in [1.807, 2.05) is 11.9 Å². The van der Waals surface area contributed by atoms with Gasteiger partial charge in [-0.25, -0.2) is 4.98 Å². The Labute approximate surface area is 94.7 Å². The summed E-state index contributed by atoms with van der Waals surface area (Å²) < 4.78 is 0. The average molecular weight is 230 g/mol. The Morgan fingerprint density at radius 2 is 2.33 bits per heavy atom. The molecular formula is C10H16ClN3O. The van der Waals surface area contributed by atoms with Gasteiger partial charge in [0.25, 0.3) is 0 Å². The number of anilines is 2. The minimum atomic E-state index is -0.319. The molecular weight excluding hydrogens is 214 g/mol. The molecule has 1 heterocycles. The Morgan fingerprint density at radius 3 is 2.87 bits per heavy atom. The van der Waals surface area contributed by atoms with E-state index in [1.54, 1.807) is 19.2 Å². The molecule has 0 spiro atoms. The molecule has 1 aromatic rings. The number of hydrogen-bond donors (Lipinski definition) is 2. The lowest BCUT2D eigenvalue weighted by Gasteiger charge is -2.20. The normalized spacial score (nSPS) is 12.5. The van der Waals surface area contributed by atoms with Crippen LogP contribution in [0.15, 0.2) is 12.3 Å². The van der Waals surface area contributed by atoms with Crippen molar-refractivity contribution in [1.82, 2.24) is 4.98 Å². The molecule has 0 saturated heterocycles. The summed E-state index contributed by atoms with van der Waals surface area (Å²) in [7, 11) is 1.88. The molecule has 5 heteroatoms. The smallest absolute Gasteiger partial charge is 0.151 e. The lowest BCUT2D eigenvalue weighted by molar-refractivity contribution is 0.187. The second kappa shape index (κ2) is 5.19. The molecule has 0 aromatic carbocycles. The molecule has 0 bridgehead atoms. The SMILES string of the molecule is CC(O)CCN(C)c1ncc(Cl)cc1N. The first-order chi connectivity index (χ1) is 7.00. The van der Waals surface area contributed by atoms with Crippen molar-refractivity contribution in [2.75, 3.05) is 24.2 Å². The van der Waals surface area contributed by atoms with Crippen LogP contribution in [0.3, 0.4) is 0 Å². The maximum atomic E-state index is 9.16. The Bertz CT molecular complexity index is 330. The van der Waals surface area contributed by atoms with Crippen molar-refractivity contribution < 1.29 is 5.11 Å². The highest BCUT2D eigenvalue weighted by Gasteiger charge is 2.08. The lowest BCUT2D eigenvalue weighted by atomic mass is 10.2. The number of aliphatic hydroxyl groups is 1. The van der Waals surface area contributed by atoms with Gasteiger partial charge in [0, 0.05) is 19.8 Å². The topological polar surface area (TPSA) is 62.4 Å². The molecule has 84 valence electrons. The molecule has 1 atom stereocenters. The van der Waals surface area contributed by atoms with Gasteiger partial charge in [0.1, 0.15) is 0 Å². The summed E-state index contributed by atoms with van der Waals surface area (Å²) in [6.07, 6.45) is 1.92. The lowest BCUT2D eigenvalue weighted by Crippen LogP contribution is -2.23. The molecule has 0 fully saturated rings. The number of halogens is 1. The predicted octanol–water partition coefficient (Wildman–Crippen LogP) is 1.52. The van der Waals surface area contributed by atoms with E-state index in [0.717, 1.165) is 0 Å². The van der Waals surface area contributed by atoms with E-state index in [1.165, 1.54) is 0 Å². The molecule has 0 amide bonds. The standard InChI is InChI=1S/C10H16ClN3O/c1-7(15)3-4-14(2)10-9(12)5-8(11)6-13-10/h5-7,15H,3-4,12H2,1-2H3. The van der Waals surface area contributed by atoms with E-state index in [0.29, 0.717) is 29.5 Å². The highest BCUT2D eigenvalue weighted by atomic mass is 35.5. The van der Waals surface area contributed by atoms with Gasteiger partial charge in [-0.05, 0) is 19.4 Å². The molecule has 1 rings (SSSR count). The Kier molecular flexibility index (Phi) is 4.17. The monoisotopic (exact) mass is 229 g/mol. The van der Waals surface area contributed by atoms with Gasteiger partial charge in [0.15, 0.2) is 5.82 Å². The quantitative estimate of drug-likeness (QED) is 0.822. The Morgan fingerprint density at radius 1 is 1.67 bits per heavy atom. The van der Waals surface area contributed by atoms with Crippen LogP contribution in [0, 0.1) is 0 Å². The molecule has 1 aromatic heterocycles. The number of aliphatic hydroxyl groups excluding tert-OH is 1. The Hall–Kier alpha value is -1.00. The summed E-state index contributed by atoms with van der Waals surface area (Å²) in [6.45, 7) is 2.46. The summed E-state index contributed by atoms with van der Waals surface area (Å²) in [4.78, 5) is 6.04. The van der Waals surface area contributed by atoms with E-state index in [2.05, 4.69) is 4.98 Å². The minimum Gasteiger partial charge on any atom is -0.396 e. The summed E-state index contributed by atoms with van der Waals surface area (Å²) in [5, 5.41) is 9.69. The van der Waals surface area contributed by atoms with E-state index >= 15 is 0 Å². The van der Waals surface area contributed by atoms with Crippen LogP contribution in [0.5, 0.6) is 0 Å². The van der Waals surface area contributed by atoms with Crippen LogP contribution in [0.4, 0.5) is 11.5 Å². The summed E-state index contributed by atoms with van der Waals surface area (Å²) in [6, 6.07) is 1.67. The highest BCUT2D eigenvalue weighted by Crippen LogP contribution is 2.22. The number of hydrogen-bond acceptors (Lipinski definition) is 4. The van der Waals surface area contributed by atoms with Crippen LogP contribution in [-0.2, 0) is 0 Å². The van der Waals surface area contributed by atoms with Gasteiger partial charge in [-0.3, -0.25) is 0 Å². The number of pyridine rings is 1. The third-order valence-corrected chi connectivity index (χ3v) is 2.31. The van der Waals surface area contributed by atoms with Gasteiger partial charge in [0.2, 0.25) is 0 Å². The molecule has 4 nitrogen and oxygen atoms in total. The number of nitrogens with zero attached hydrogens (tertiary/aromatic N) is 2. The first-order valence-corrected chi connectivity index (χ1v) is 5.18. The zero-order valence-electron chi connectivity index (χ0n) is 8.94. The van der Waals surface area contributed by atoms with Crippen molar-refractivity contribution >= 4 is 23.1 Å². The molecule has 0 saturated carbocycles. The largest absolute Gasteiger partial charge is 0.396 e. The third-order valence-electron chi connectivity index (χ3n) is 2.11. The molecule has 3 N–H and O–H groups in total. The third kappa shape index (κ3) is 3.57. The number of nitrogens with two attached hydrogens (primary N) is 1. The fraction of sp³-hybridized carbons (Fsp3) is 0.500. The van der Waals surface area contributed by atoms with Crippen molar-refractivity contribution in [3.8, 4) is 0 Å². The van der Waals surface area contributed by atoms with Crippen molar-refractivity contribution in [1.29, 1.82) is 0 Å². The van der Waals surface area contributed by atoms with Crippen LogP contribution < -0.4 is 10.6 Å². The zero-order chi connectivity index (χ0) is 11.4. The molecule has 0 aliphatic rings. The van der Waals surface area contributed by atoms with Crippen LogP contribution >= 0.6 is 11.6 Å². The average Bonchev–Trinajstić information content (AvgIpc) is 2.14. The predicted molar refractivity (Wildman–Crippen MR) is 63.2 cm³/mol. The molecule has 1 unspecified atom stereocenters. The van der Waals surface area contributed by atoms with Gasteiger partial charge in [-0.2, -0.15) is 0 Å². The molecule has 0 aliphatic carbocycles. The first-order valence-electron chi connectivity index (χ1n) is 4.81. The molecule has 0 radical (unpaired) electrons. The highest BCUT2D eigenvalue weighted by molar-refractivity contribution is 6.30. The fourth-order valence-corrected chi connectivity index (χ4v) is 1.42. The molecule has 15 heavy (non-hydrogen) atoms. The van der Waals surface area contributed by atoms with Gasteiger partial charge in [-0.15, -0.1) is 0 Å². The number of nitrogen functional groups attached to an aromatic ring is 1. The van der Waals surface area contributed by atoms with E-state index in [-0.39, 0.29) is 6.10 Å². The second-order valence-corrected chi connectivity index (χ2v) is 4.06. The van der Waals surface area contributed by atoms with Gasteiger partial charge in [0.05, 0.1) is 16.8 Å². The number of aromatic nitrogens is 1. The van der Waals surface area contributed by atoms with Crippen LogP contribution in [0.1, 0.15) is 13.3 Å². The maximum Gasteiger partial charge on any atom is 0.151 e. The maximum absolute atomic E-state index is 9.16. The van der Waals surface area contributed by atoms with E-state index in [9.17, 15) is 0 Å². The summed E-state index contributed by atoms with van der Waals surface area (Å²) >= 11 is 5.75. The van der Waals surface area contributed by atoms with Crippen molar-refractivity contribution in [2.24, 2.45) is 0 Å². The summed E-state index contributed by atoms with van der Waals surface area (Å²) in [5.41, 5.74) is 6.33. The van der Waals surface area contributed by atoms with E-state index in [4.69, 9.17) is 22.4 Å². The minimum absolute atomic E-state index is 0.319. The van der Waals surface area contributed by atoms with Crippen molar-refractivity contribution in [3.63, 3.8) is 0 Å². The van der Waals surface area contributed by atoms with Gasteiger partial charge < -0.3 is 15.7 Å². The second-order valence-electron chi connectivity index (χ2n) is 3.63. The zero-order valence-corrected chi connectivity index (χ0v) is 9.70.